The van der Waals surface area contributed by atoms with Gasteiger partial charge in [-0.3, -0.25) is 9.59 Å². The highest BCUT2D eigenvalue weighted by Gasteiger charge is 2.06. The molecule has 92 valence electrons. The minimum Gasteiger partial charge on any atom is -0.398 e. The number of nitrogen functional groups attached to an aromatic ring is 1. The van der Waals surface area contributed by atoms with E-state index in [1.165, 1.54) is 30.9 Å². The van der Waals surface area contributed by atoms with Gasteiger partial charge in [-0.2, -0.15) is 0 Å². The third-order valence-electron chi connectivity index (χ3n) is 2.26. The van der Waals surface area contributed by atoms with Crippen LogP contribution in [0.3, 0.4) is 0 Å². The number of carbonyl (C=O) groups is 1. The normalized spacial score (nSPS) is 10.3. The van der Waals surface area contributed by atoms with Crippen LogP contribution in [0.5, 0.6) is 0 Å². The molecule has 0 atom stereocenters. The summed E-state index contributed by atoms with van der Waals surface area (Å²) in [5, 5.41) is 0.484. The standard InChI is InChI=1S/C12H11N3O2S/c1-7(16)9-3-2-8(6-10(9)13)18-12-14-5-4-11(17)15-12/h2-6H,13H2,1H3,(H,14,15,17). The number of hydrogen-bond donors (Lipinski definition) is 2. The van der Waals surface area contributed by atoms with Crippen LogP contribution in [0.15, 0.2) is 45.3 Å². The average molecular weight is 261 g/mol. The van der Waals surface area contributed by atoms with E-state index in [2.05, 4.69) is 9.97 Å². The summed E-state index contributed by atoms with van der Waals surface area (Å²) in [7, 11) is 0. The van der Waals surface area contributed by atoms with Crippen molar-refractivity contribution in [3.05, 3.63) is 46.4 Å². The Morgan fingerprint density at radius 1 is 1.39 bits per heavy atom. The number of carbonyl (C=O) groups excluding carboxylic acids is 1. The first-order valence-electron chi connectivity index (χ1n) is 5.20. The fourth-order valence-corrected chi connectivity index (χ4v) is 2.25. The summed E-state index contributed by atoms with van der Waals surface area (Å²) in [6, 6.07) is 6.47. The van der Waals surface area contributed by atoms with E-state index in [4.69, 9.17) is 5.73 Å². The molecule has 5 nitrogen and oxygen atoms in total. The van der Waals surface area contributed by atoms with Crippen molar-refractivity contribution in [1.82, 2.24) is 9.97 Å². The van der Waals surface area contributed by atoms with E-state index >= 15 is 0 Å². The van der Waals surface area contributed by atoms with Gasteiger partial charge < -0.3 is 10.7 Å². The van der Waals surface area contributed by atoms with E-state index in [1.807, 2.05) is 0 Å². The second kappa shape index (κ2) is 5.05. The lowest BCUT2D eigenvalue weighted by Gasteiger charge is -2.05. The highest BCUT2D eigenvalue weighted by Crippen LogP contribution is 2.27. The molecule has 0 radical (unpaired) electrons. The third-order valence-corrected chi connectivity index (χ3v) is 3.16. The predicted octanol–water partition coefficient (Wildman–Crippen LogP) is 1.71. The fraction of sp³-hybridized carbons (Fsp3) is 0.0833. The van der Waals surface area contributed by atoms with E-state index in [-0.39, 0.29) is 11.3 Å². The molecule has 6 heteroatoms. The Balaban J connectivity index is 2.28. The van der Waals surface area contributed by atoms with E-state index < -0.39 is 0 Å². The first-order valence-corrected chi connectivity index (χ1v) is 6.01. The maximum Gasteiger partial charge on any atom is 0.251 e. The molecule has 18 heavy (non-hydrogen) atoms. The zero-order chi connectivity index (χ0) is 13.1. The summed E-state index contributed by atoms with van der Waals surface area (Å²) in [5.41, 5.74) is 6.49. The van der Waals surface area contributed by atoms with Gasteiger partial charge in [0, 0.05) is 28.4 Å². The van der Waals surface area contributed by atoms with Crippen LogP contribution in [-0.4, -0.2) is 15.8 Å². The van der Waals surface area contributed by atoms with Crippen LogP contribution in [0.25, 0.3) is 0 Å². The van der Waals surface area contributed by atoms with Crippen molar-refractivity contribution in [2.45, 2.75) is 17.0 Å². The minimum absolute atomic E-state index is 0.0738. The van der Waals surface area contributed by atoms with Crippen LogP contribution < -0.4 is 11.3 Å². The van der Waals surface area contributed by atoms with Crippen molar-refractivity contribution >= 4 is 23.2 Å². The number of aromatic nitrogens is 2. The van der Waals surface area contributed by atoms with Gasteiger partial charge in [0.05, 0.1) is 0 Å². The van der Waals surface area contributed by atoms with E-state index in [0.29, 0.717) is 16.4 Å². The SMILES string of the molecule is CC(=O)c1ccc(Sc2nccc(=O)[nH]2)cc1N. The molecule has 0 aliphatic rings. The first kappa shape index (κ1) is 12.4. The van der Waals surface area contributed by atoms with Crippen LogP contribution >= 0.6 is 11.8 Å². The Morgan fingerprint density at radius 2 is 2.17 bits per heavy atom. The van der Waals surface area contributed by atoms with Crippen molar-refractivity contribution in [1.29, 1.82) is 0 Å². The molecule has 0 spiro atoms. The molecule has 0 saturated heterocycles. The molecule has 2 rings (SSSR count). The Bertz CT molecular complexity index is 652. The number of H-pyrrole nitrogens is 1. The molecule has 1 heterocycles. The molecule has 3 N–H and O–H groups in total. The number of rotatable bonds is 3. The maximum atomic E-state index is 11.2. The summed E-state index contributed by atoms with van der Waals surface area (Å²) < 4.78 is 0. The molecule has 0 aliphatic heterocycles. The molecule has 0 unspecified atom stereocenters. The highest BCUT2D eigenvalue weighted by atomic mass is 32.2. The second-order valence-electron chi connectivity index (χ2n) is 3.65. The van der Waals surface area contributed by atoms with Crippen molar-refractivity contribution in [2.75, 3.05) is 5.73 Å². The van der Waals surface area contributed by atoms with Gasteiger partial charge in [0.25, 0.3) is 5.56 Å². The molecule has 0 fully saturated rings. The number of Topliss-reactive ketones (excluding diaryl/α,β-unsaturated/α-hetero) is 1. The summed E-state index contributed by atoms with van der Waals surface area (Å²) >= 11 is 1.28. The zero-order valence-corrected chi connectivity index (χ0v) is 10.5. The Labute approximate surface area is 107 Å². The van der Waals surface area contributed by atoms with Gasteiger partial charge in [0.2, 0.25) is 0 Å². The van der Waals surface area contributed by atoms with Crippen molar-refractivity contribution in [2.24, 2.45) is 0 Å². The van der Waals surface area contributed by atoms with Crippen molar-refractivity contribution in [3.63, 3.8) is 0 Å². The number of anilines is 1. The largest absolute Gasteiger partial charge is 0.398 e. The number of nitrogens with two attached hydrogens (primary N) is 1. The average Bonchev–Trinajstić information content (AvgIpc) is 2.28. The topological polar surface area (TPSA) is 88.8 Å². The molecule has 0 amide bonds. The smallest absolute Gasteiger partial charge is 0.251 e. The molecular weight excluding hydrogens is 250 g/mol. The quantitative estimate of drug-likeness (QED) is 0.499. The Kier molecular flexibility index (Phi) is 3.47. The maximum absolute atomic E-state index is 11.2. The van der Waals surface area contributed by atoms with Gasteiger partial charge in [-0.1, -0.05) is 11.8 Å². The molecule has 0 aliphatic carbocycles. The number of benzene rings is 1. The molecule has 0 saturated carbocycles. The van der Waals surface area contributed by atoms with Crippen molar-refractivity contribution < 1.29 is 4.79 Å². The van der Waals surface area contributed by atoms with E-state index in [1.54, 1.807) is 18.2 Å². The van der Waals surface area contributed by atoms with Gasteiger partial charge in [0.1, 0.15) is 0 Å². The number of aromatic amines is 1. The number of nitrogens with zero attached hydrogens (tertiary/aromatic N) is 1. The van der Waals surface area contributed by atoms with Crippen LogP contribution in [0.2, 0.25) is 0 Å². The lowest BCUT2D eigenvalue weighted by atomic mass is 10.1. The predicted molar refractivity (Wildman–Crippen MR) is 69.8 cm³/mol. The molecule has 1 aromatic carbocycles. The first-order chi connectivity index (χ1) is 8.56. The zero-order valence-electron chi connectivity index (χ0n) is 9.64. The second-order valence-corrected chi connectivity index (χ2v) is 4.71. The number of nitrogens with one attached hydrogen (secondary N) is 1. The number of hydrogen-bond acceptors (Lipinski definition) is 5. The van der Waals surface area contributed by atoms with E-state index in [9.17, 15) is 9.59 Å². The van der Waals surface area contributed by atoms with Crippen LogP contribution in [0, 0.1) is 0 Å². The van der Waals surface area contributed by atoms with Gasteiger partial charge in [-0.25, -0.2) is 4.98 Å². The molecule has 0 bridgehead atoms. The number of ketones is 1. The minimum atomic E-state index is -0.208. The monoisotopic (exact) mass is 261 g/mol. The van der Waals surface area contributed by atoms with Gasteiger partial charge >= 0.3 is 0 Å². The Morgan fingerprint density at radius 3 is 2.78 bits per heavy atom. The van der Waals surface area contributed by atoms with E-state index in [0.717, 1.165) is 4.90 Å². The van der Waals surface area contributed by atoms with Gasteiger partial charge in [-0.05, 0) is 25.1 Å². The van der Waals surface area contributed by atoms with Crippen LogP contribution in [0.1, 0.15) is 17.3 Å². The van der Waals surface area contributed by atoms with Crippen LogP contribution in [-0.2, 0) is 0 Å². The summed E-state index contributed by atoms with van der Waals surface area (Å²) in [6.07, 6.45) is 1.44. The van der Waals surface area contributed by atoms with Crippen molar-refractivity contribution in [3.8, 4) is 0 Å². The van der Waals surface area contributed by atoms with Gasteiger partial charge in [-0.15, -0.1) is 0 Å². The molecule has 2 aromatic rings. The van der Waals surface area contributed by atoms with Crippen LogP contribution in [0.4, 0.5) is 5.69 Å². The molecule has 1 aromatic heterocycles. The lowest BCUT2D eigenvalue weighted by molar-refractivity contribution is 0.101. The van der Waals surface area contributed by atoms with Gasteiger partial charge in [0.15, 0.2) is 10.9 Å². The fourth-order valence-electron chi connectivity index (χ4n) is 1.44. The third kappa shape index (κ3) is 2.78. The lowest BCUT2D eigenvalue weighted by Crippen LogP contribution is -2.05. The Hall–Kier alpha value is -2.08. The summed E-state index contributed by atoms with van der Waals surface area (Å²) in [5.74, 6) is -0.0738. The summed E-state index contributed by atoms with van der Waals surface area (Å²) in [6.45, 7) is 1.47. The molecular formula is C12H11N3O2S. The summed E-state index contributed by atoms with van der Waals surface area (Å²) in [4.78, 5) is 29.8. The highest BCUT2D eigenvalue weighted by molar-refractivity contribution is 7.99.